The van der Waals surface area contributed by atoms with Crippen molar-refractivity contribution in [3.63, 3.8) is 0 Å². The molecule has 0 spiro atoms. The van der Waals surface area contributed by atoms with E-state index in [1.807, 2.05) is 19.9 Å². The molecule has 1 amide bonds. The molecule has 0 atom stereocenters. The van der Waals surface area contributed by atoms with E-state index in [-0.39, 0.29) is 17.5 Å². The van der Waals surface area contributed by atoms with Gasteiger partial charge in [-0.2, -0.15) is 5.26 Å². The van der Waals surface area contributed by atoms with Crippen molar-refractivity contribution < 1.29 is 4.79 Å². The summed E-state index contributed by atoms with van der Waals surface area (Å²) in [5.41, 5.74) is 5.58. The summed E-state index contributed by atoms with van der Waals surface area (Å²) in [5, 5.41) is 12.5. The van der Waals surface area contributed by atoms with Crippen molar-refractivity contribution in [1.82, 2.24) is 9.88 Å². The van der Waals surface area contributed by atoms with Crippen LogP contribution in [0.4, 0.5) is 0 Å². The van der Waals surface area contributed by atoms with Crippen molar-refractivity contribution in [2.24, 2.45) is 0 Å². The fourth-order valence-electron chi connectivity index (χ4n) is 3.85. The van der Waals surface area contributed by atoms with Gasteiger partial charge in [0, 0.05) is 23.1 Å². The van der Waals surface area contributed by atoms with Crippen LogP contribution in [0, 0.1) is 25.2 Å². The van der Waals surface area contributed by atoms with Gasteiger partial charge in [-0.3, -0.25) is 4.79 Å². The van der Waals surface area contributed by atoms with Gasteiger partial charge >= 0.3 is 0 Å². The Bertz CT molecular complexity index is 891. The summed E-state index contributed by atoms with van der Waals surface area (Å²) in [4.78, 5) is 12.5. The van der Waals surface area contributed by atoms with E-state index in [2.05, 4.69) is 47.1 Å². The maximum atomic E-state index is 12.5. The van der Waals surface area contributed by atoms with Gasteiger partial charge in [-0.05, 0) is 68.5 Å². The maximum absolute atomic E-state index is 12.5. The molecule has 2 aromatic rings. The SMILES string of the molecule is CCc1ccc(-n2c(C)cc(/C=C(/C#N)C(=O)NC3CCCC3)c2C)cc1. The van der Waals surface area contributed by atoms with Gasteiger partial charge in [0.15, 0.2) is 0 Å². The molecular formula is C23H27N3O. The van der Waals surface area contributed by atoms with Gasteiger partial charge in [-0.1, -0.05) is 31.9 Å². The van der Waals surface area contributed by atoms with Crippen molar-refractivity contribution in [1.29, 1.82) is 5.26 Å². The molecule has 140 valence electrons. The fourth-order valence-corrected chi connectivity index (χ4v) is 3.85. The lowest BCUT2D eigenvalue weighted by atomic mass is 10.1. The van der Waals surface area contributed by atoms with Crippen LogP contribution in [-0.2, 0) is 11.2 Å². The number of nitrogens with one attached hydrogen (secondary N) is 1. The summed E-state index contributed by atoms with van der Waals surface area (Å²) in [5.74, 6) is -0.262. The number of aromatic nitrogens is 1. The van der Waals surface area contributed by atoms with Crippen LogP contribution in [0.3, 0.4) is 0 Å². The van der Waals surface area contributed by atoms with Gasteiger partial charge in [0.25, 0.3) is 5.91 Å². The highest BCUT2D eigenvalue weighted by atomic mass is 16.1. The largest absolute Gasteiger partial charge is 0.349 e. The van der Waals surface area contributed by atoms with E-state index in [0.717, 1.165) is 54.7 Å². The summed E-state index contributed by atoms with van der Waals surface area (Å²) in [6.45, 7) is 6.21. The van der Waals surface area contributed by atoms with Crippen LogP contribution < -0.4 is 5.32 Å². The molecule has 1 aromatic carbocycles. The molecule has 1 fully saturated rings. The second-order valence-electron chi connectivity index (χ2n) is 7.31. The van der Waals surface area contributed by atoms with Crippen LogP contribution in [-0.4, -0.2) is 16.5 Å². The zero-order valence-corrected chi connectivity index (χ0v) is 16.4. The minimum atomic E-state index is -0.262. The molecule has 0 radical (unpaired) electrons. The highest BCUT2D eigenvalue weighted by Crippen LogP contribution is 2.24. The third kappa shape index (κ3) is 4.14. The quantitative estimate of drug-likeness (QED) is 0.624. The van der Waals surface area contributed by atoms with Crippen LogP contribution in [0.25, 0.3) is 11.8 Å². The molecule has 1 aromatic heterocycles. The standard InChI is InChI=1S/C23H27N3O/c1-4-18-9-11-22(12-10-18)26-16(2)13-19(17(26)3)14-20(15-24)23(27)25-21-7-5-6-8-21/h9-14,21H,4-8H2,1-3H3,(H,25,27)/b20-14-. The Morgan fingerprint density at radius 2 is 1.93 bits per heavy atom. The Kier molecular flexibility index (Phi) is 5.81. The fraction of sp³-hybridized carbons (Fsp3) is 0.391. The van der Waals surface area contributed by atoms with E-state index in [9.17, 15) is 10.1 Å². The predicted molar refractivity (Wildman–Crippen MR) is 109 cm³/mol. The molecule has 0 saturated heterocycles. The first-order chi connectivity index (χ1) is 13.0. The lowest BCUT2D eigenvalue weighted by Gasteiger charge is -2.11. The molecule has 1 N–H and O–H groups in total. The minimum absolute atomic E-state index is 0.170. The van der Waals surface area contributed by atoms with Gasteiger partial charge < -0.3 is 9.88 Å². The van der Waals surface area contributed by atoms with Gasteiger partial charge in [0.05, 0.1) is 0 Å². The summed E-state index contributed by atoms with van der Waals surface area (Å²) in [6.07, 6.45) is 7.03. The molecule has 4 nitrogen and oxygen atoms in total. The molecule has 4 heteroatoms. The number of aryl methyl sites for hydroxylation is 2. The lowest BCUT2D eigenvalue weighted by molar-refractivity contribution is -0.117. The molecular weight excluding hydrogens is 334 g/mol. The molecule has 1 heterocycles. The van der Waals surface area contributed by atoms with Crippen molar-refractivity contribution in [2.75, 3.05) is 0 Å². The monoisotopic (exact) mass is 361 g/mol. The normalized spacial score (nSPS) is 15.0. The first-order valence-electron chi connectivity index (χ1n) is 9.74. The van der Waals surface area contributed by atoms with E-state index < -0.39 is 0 Å². The number of carbonyl (C=O) groups is 1. The molecule has 3 rings (SSSR count). The summed E-state index contributed by atoms with van der Waals surface area (Å²) >= 11 is 0. The van der Waals surface area contributed by atoms with Gasteiger partial charge in [0.2, 0.25) is 0 Å². The van der Waals surface area contributed by atoms with Crippen LogP contribution in [0.2, 0.25) is 0 Å². The third-order valence-corrected chi connectivity index (χ3v) is 5.43. The topological polar surface area (TPSA) is 57.8 Å². The molecule has 0 unspecified atom stereocenters. The van der Waals surface area contributed by atoms with Gasteiger partial charge in [-0.25, -0.2) is 0 Å². The number of carbonyl (C=O) groups excluding carboxylic acids is 1. The Morgan fingerprint density at radius 1 is 1.26 bits per heavy atom. The van der Waals surface area contributed by atoms with E-state index in [0.29, 0.717) is 0 Å². The van der Waals surface area contributed by atoms with E-state index >= 15 is 0 Å². The number of amides is 1. The molecule has 0 bridgehead atoms. The predicted octanol–water partition coefficient (Wildman–Crippen LogP) is 4.62. The van der Waals surface area contributed by atoms with Crippen LogP contribution in [0.1, 0.15) is 55.1 Å². The highest BCUT2D eigenvalue weighted by Gasteiger charge is 2.20. The number of hydrogen-bond acceptors (Lipinski definition) is 2. The first-order valence-corrected chi connectivity index (χ1v) is 9.74. The lowest BCUT2D eigenvalue weighted by Crippen LogP contribution is -2.33. The highest BCUT2D eigenvalue weighted by molar-refractivity contribution is 6.02. The molecule has 0 aliphatic heterocycles. The summed E-state index contributed by atoms with van der Waals surface area (Å²) < 4.78 is 2.16. The maximum Gasteiger partial charge on any atom is 0.262 e. The van der Waals surface area contributed by atoms with Crippen molar-refractivity contribution in [3.8, 4) is 11.8 Å². The Hall–Kier alpha value is -2.80. The van der Waals surface area contributed by atoms with E-state index in [1.54, 1.807) is 6.08 Å². The Morgan fingerprint density at radius 3 is 2.52 bits per heavy atom. The van der Waals surface area contributed by atoms with E-state index in [4.69, 9.17) is 0 Å². The zero-order chi connectivity index (χ0) is 19.4. The molecule has 1 aliphatic rings. The van der Waals surface area contributed by atoms with Crippen LogP contribution in [0.5, 0.6) is 0 Å². The van der Waals surface area contributed by atoms with Crippen LogP contribution >= 0.6 is 0 Å². The molecule has 1 aliphatic carbocycles. The Balaban J connectivity index is 1.88. The average Bonchev–Trinajstić information content (AvgIpc) is 3.27. The van der Waals surface area contributed by atoms with Crippen molar-refractivity contribution in [3.05, 3.63) is 58.4 Å². The Labute approximate surface area is 161 Å². The number of nitriles is 1. The number of rotatable bonds is 5. The summed E-state index contributed by atoms with van der Waals surface area (Å²) in [7, 11) is 0. The van der Waals surface area contributed by atoms with Crippen molar-refractivity contribution >= 4 is 12.0 Å². The zero-order valence-electron chi connectivity index (χ0n) is 16.4. The molecule has 27 heavy (non-hydrogen) atoms. The first kappa shape index (κ1) is 19.0. The second-order valence-corrected chi connectivity index (χ2v) is 7.31. The number of benzene rings is 1. The average molecular weight is 361 g/mol. The number of nitrogens with zero attached hydrogens (tertiary/aromatic N) is 2. The minimum Gasteiger partial charge on any atom is -0.349 e. The molecule has 1 saturated carbocycles. The summed E-state index contributed by atoms with van der Waals surface area (Å²) in [6, 6.07) is 12.8. The van der Waals surface area contributed by atoms with E-state index in [1.165, 1.54) is 5.56 Å². The van der Waals surface area contributed by atoms with Gasteiger partial charge in [-0.15, -0.1) is 0 Å². The smallest absolute Gasteiger partial charge is 0.262 e. The van der Waals surface area contributed by atoms with Crippen LogP contribution in [0.15, 0.2) is 35.9 Å². The third-order valence-electron chi connectivity index (χ3n) is 5.43. The number of hydrogen-bond donors (Lipinski definition) is 1. The van der Waals surface area contributed by atoms with Crippen molar-refractivity contribution in [2.45, 2.75) is 58.9 Å². The van der Waals surface area contributed by atoms with Gasteiger partial charge in [0.1, 0.15) is 11.6 Å². The second kappa shape index (κ2) is 8.26.